The fourth-order valence-corrected chi connectivity index (χ4v) is 1.02. The molecule has 0 aromatic carbocycles. The lowest BCUT2D eigenvalue weighted by Crippen LogP contribution is -1.94. The van der Waals surface area contributed by atoms with Crippen LogP contribution in [-0.2, 0) is 6.42 Å². The first kappa shape index (κ1) is 14.1. The van der Waals surface area contributed by atoms with Crippen LogP contribution >= 0.6 is 0 Å². The highest BCUT2D eigenvalue weighted by molar-refractivity contribution is 4.91. The lowest BCUT2D eigenvalue weighted by molar-refractivity contribution is 0.362. The maximum Gasteiger partial charge on any atom is 0.226 e. The monoisotopic (exact) mass is 212 g/mol. The molecule has 15 heavy (non-hydrogen) atoms. The second kappa shape index (κ2) is 7.43. The molecule has 0 saturated heterocycles. The Morgan fingerprint density at radius 3 is 2.13 bits per heavy atom. The summed E-state index contributed by atoms with van der Waals surface area (Å²) >= 11 is 0. The van der Waals surface area contributed by atoms with Crippen molar-refractivity contribution in [1.29, 1.82) is 0 Å². The summed E-state index contributed by atoms with van der Waals surface area (Å²) in [6, 6.07) is 0. The lowest BCUT2D eigenvalue weighted by Gasteiger charge is -1.98. The molecule has 0 amide bonds. The highest BCUT2D eigenvalue weighted by Gasteiger charge is 2.09. The van der Waals surface area contributed by atoms with E-state index in [9.17, 15) is 0 Å². The zero-order valence-corrected chi connectivity index (χ0v) is 10.9. The third-order valence-corrected chi connectivity index (χ3v) is 1.94. The van der Waals surface area contributed by atoms with Crippen molar-refractivity contribution >= 4 is 0 Å². The van der Waals surface area contributed by atoms with E-state index in [4.69, 9.17) is 4.52 Å². The molecular formula is C12H24N2O. The molecule has 1 rings (SSSR count). The van der Waals surface area contributed by atoms with Crippen LogP contribution in [0.2, 0.25) is 0 Å². The van der Waals surface area contributed by atoms with Crippen molar-refractivity contribution in [1.82, 2.24) is 10.1 Å². The first-order chi connectivity index (χ1) is 7.09. The van der Waals surface area contributed by atoms with Gasteiger partial charge in [-0.05, 0) is 12.3 Å². The third kappa shape index (κ3) is 5.55. The third-order valence-electron chi connectivity index (χ3n) is 1.94. The average Bonchev–Trinajstić information content (AvgIpc) is 2.66. The summed E-state index contributed by atoms with van der Waals surface area (Å²) in [7, 11) is 0. The fourth-order valence-electron chi connectivity index (χ4n) is 1.02. The van der Waals surface area contributed by atoms with Crippen LogP contribution in [0.4, 0.5) is 0 Å². The molecule has 3 nitrogen and oxygen atoms in total. The Balaban J connectivity index is 0.000000921. The van der Waals surface area contributed by atoms with Crippen molar-refractivity contribution in [2.24, 2.45) is 5.92 Å². The van der Waals surface area contributed by atoms with E-state index in [0.29, 0.717) is 11.8 Å². The average molecular weight is 212 g/mol. The molecule has 0 saturated carbocycles. The molecule has 0 spiro atoms. The Labute approximate surface area is 93.3 Å². The molecule has 1 aromatic heterocycles. The van der Waals surface area contributed by atoms with Crippen LogP contribution in [0.15, 0.2) is 4.52 Å². The Kier molecular flexibility index (Phi) is 7.01. The summed E-state index contributed by atoms with van der Waals surface area (Å²) in [6.45, 7) is 12.5. The second-order valence-electron chi connectivity index (χ2n) is 4.13. The van der Waals surface area contributed by atoms with Crippen molar-refractivity contribution in [2.45, 2.75) is 60.3 Å². The van der Waals surface area contributed by atoms with Crippen LogP contribution in [0.25, 0.3) is 0 Å². The Morgan fingerprint density at radius 1 is 1.13 bits per heavy atom. The van der Waals surface area contributed by atoms with E-state index in [1.54, 1.807) is 0 Å². The van der Waals surface area contributed by atoms with Gasteiger partial charge in [0.2, 0.25) is 5.89 Å². The molecule has 0 aliphatic rings. The zero-order chi connectivity index (χ0) is 11.8. The van der Waals surface area contributed by atoms with Crippen LogP contribution in [0.5, 0.6) is 0 Å². The molecule has 0 unspecified atom stereocenters. The molecule has 0 radical (unpaired) electrons. The standard InChI is InChI=1S/C10H18N2O.C2H6/c1-7(2)5-6-9-11-10(8(3)4)12-13-9;1-2/h7-8H,5-6H2,1-4H3;1-2H3. The predicted octanol–water partition coefficient (Wildman–Crippen LogP) is 3.81. The van der Waals surface area contributed by atoms with Crippen LogP contribution in [-0.4, -0.2) is 10.1 Å². The minimum absolute atomic E-state index is 0.358. The van der Waals surface area contributed by atoms with Gasteiger partial charge >= 0.3 is 0 Å². The molecule has 0 aliphatic heterocycles. The van der Waals surface area contributed by atoms with Crippen LogP contribution in [0, 0.1) is 5.92 Å². The summed E-state index contributed by atoms with van der Waals surface area (Å²) in [5.41, 5.74) is 0. The van der Waals surface area contributed by atoms with Gasteiger partial charge in [-0.2, -0.15) is 4.98 Å². The quantitative estimate of drug-likeness (QED) is 0.761. The molecule has 3 heteroatoms. The van der Waals surface area contributed by atoms with E-state index < -0.39 is 0 Å². The number of aromatic nitrogens is 2. The van der Waals surface area contributed by atoms with Crippen molar-refractivity contribution in [3.8, 4) is 0 Å². The van der Waals surface area contributed by atoms with Crippen molar-refractivity contribution in [2.75, 3.05) is 0 Å². The fraction of sp³-hybridized carbons (Fsp3) is 0.833. The highest BCUT2D eigenvalue weighted by atomic mass is 16.5. The SMILES string of the molecule is CC.CC(C)CCc1nc(C(C)C)no1. The second-order valence-corrected chi connectivity index (χ2v) is 4.13. The molecule has 0 atom stereocenters. The number of rotatable bonds is 4. The van der Waals surface area contributed by atoms with Crippen molar-refractivity contribution in [3.63, 3.8) is 0 Å². The van der Waals surface area contributed by atoms with E-state index in [1.807, 2.05) is 13.8 Å². The van der Waals surface area contributed by atoms with E-state index >= 15 is 0 Å². The van der Waals surface area contributed by atoms with Gasteiger partial charge in [0.25, 0.3) is 0 Å². The van der Waals surface area contributed by atoms with E-state index in [2.05, 4.69) is 37.8 Å². The minimum Gasteiger partial charge on any atom is -0.339 e. The van der Waals surface area contributed by atoms with Gasteiger partial charge in [0, 0.05) is 12.3 Å². The van der Waals surface area contributed by atoms with E-state index in [-0.39, 0.29) is 0 Å². The Morgan fingerprint density at radius 2 is 1.73 bits per heavy atom. The molecule has 0 bridgehead atoms. The Hall–Kier alpha value is -0.860. The smallest absolute Gasteiger partial charge is 0.226 e. The van der Waals surface area contributed by atoms with Gasteiger partial charge in [0.1, 0.15) is 0 Å². The number of aryl methyl sites for hydroxylation is 1. The van der Waals surface area contributed by atoms with Gasteiger partial charge in [-0.25, -0.2) is 0 Å². The van der Waals surface area contributed by atoms with Gasteiger partial charge in [-0.1, -0.05) is 46.7 Å². The first-order valence-electron chi connectivity index (χ1n) is 5.92. The van der Waals surface area contributed by atoms with Gasteiger partial charge < -0.3 is 4.52 Å². The lowest BCUT2D eigenvalue weighted by atomic mass is 10.1. The molecule has 1 heterocycles. The van der Waals surface area contributed by atoms with Crippen molar-refractivity contribution in [3.05, 3.63) is 11.7 Å². The van der Waals surface area contributed by atoms with Gasteiger partial charge in [-0.15, -0.1) is 0 Å². The summed E-state index contributed by atoms with van der Waals surface area (Å²) in [5.74, 6) is 2.64. The van der Waals surface area contributed by atoms with Gasteiger partial charge in [0.15, 0.2) is 5.82 Å². The topological polar surface area (TPSA) is 38.9 Å². The molecular weight excluding hydrogens is 188 g/mol. The highest BCUT2D eigenvalue weighted by Crippen LogP contribution is 2.12. The largest absolute Gasteiger partial charge is 0.339 e. The Bertz CT molecular complexity index is 254. The maximum atomic E-state index is 5.12. The minimum atomic E-state index is 0.358. The summed E-state index contributed by atoms with van der Waals surface area (Å²) in [5, 5.41) is 3.91. The van der Waals surface area contributed by atoms with E-state index in [1.165, 1.54) is 0 Å². The van der Waals surface area contributed by atoms with Crippen LogP contribution in [0.1, 0.15) is 65.6 Å². The van der Waals surface area contributed by atoms with Crippen LogP contribution in [0.3, 0.4) is 0 Å². The normalized spacial score (nSPS) is 10.4. The van der Waals surface area contributed by atoms with Gasteiger partial charge in [-0.3, -0.25) is 0 Å². The maximum absolute atomic E-state index is 5.12. The van der Waals surface area contributed by atoms with E-state index in [0.717, 1.165) is 24.6 Å². The molecule has 0 aliphatic carbocycles. The number of hydrogen-bond donors (Lipinski definition) is 0. The molecule has 88 valence electrons. The molecule has 0 N–H and O–H groups in total. The first-order valence-corrected chi connectivity index (χ1v) is 5.92. The van der Waals surface area contributed by atoms with Gasteiger partial charge in [0.05, 0.1) is 0 Å². The predicted molar refractivity (Wildman–Crippen MR) is 62.9 cm³/mol. The van der Waals surface area contributed by atoms with Crippen molar-refractivity contribution < 1.29 is 4.52 Å². The summed E-state index contributed by atoms with van der Waals surface area (Å²) < 4.78 is 5.12. The number of nitrogens with zero attached hydrogens (tertiary/aromatic N) is 2. The summed E-state index contributed by atoms with van der Waals surface area (Å²) in [4.78, 5) is 4.30. The molecule has 0 fully saturated rings. The molecule has 1 aromatic rings. The summed E-state index contributed by atoms with van der Waals surface area (Å²) in [6.07, 6.45) is 2.01. The zero-order valence-electron chi connectivity index (χ0n) is 10.9. The number of hydrogen-bond acceptors (Lipinski definition) is 3. The van der Waals surface area contributed by atoms with Crippen LogP contribution < -0.4 is 0 Å².